The van der Waals surface area contributed by atoms with Gasteiger partial charge in [0, 0.05) is 5.57 Å². The molecule has 1 heterocycles. The highest BCUT2D eigenvalue weighted by Gasteiger charge is 2.46. The number of epoxide rings is 1. The van der Waals surface area contributed by atoms with Gasteiger partial charge in [-0.3, -0.25) is 0 Å². The highest BCUT2D eigenvalue weighted by Crippen LogP contribution is 2.41. The van der Waals surface area contributed by atoms with E-state index < -0.39 is 0 Å². The van der Waals surface area contributed by atoms with Crippen molar-refractivity contribution in [3.63, 3.8) is 0 Å². The maximum absolute atomic E-state index is 11.5. The van der Waals surface area contributed by atoms with Gasteiger partial charge in [0.05, 0.1) is 12.2 Å². The minimum absolute atomic E-state index is 0.0364. The average Bonchev–Trinajstić information content (AvgIpc) is 3.03. The fourth-order valence-corrected chi connectivity index (χ4v) is 2.52. The molecule has 0 aromatic heterocycles. The van der Waals surface area contributed by atoms with E-state index in [9.17, 15) is 4.79 Å². The Morgan fingerprint density at radius 3 is 2.81 bits per heavy atom. The van der Waals surface area contributed by atoms with E-state index in [1.807, 2.05) is 0 Å². The van der Waals surface area contributed by atoms with Crippen LogP contribution in [0.4, 0.5) is 0 Å². The summed E-state index contributed by atoms with van der Waals surface area (Å²) >= 11 is 0. The number of carbonyl (C=O) groups is 1. The SMILES string of the molecule is C=C(C)C(=O)OC(CC)C1CCC2OC2C1. The van der Waals surface area contributed by atoms with Gasteiger partial charge in [0.2, 0.25) is 0 Å². The molecule has 2 fully saturated rings. The van der Waals surface area contributed by atoms with E-state index in [1.165, 1.54) is 0 Å². The van der Waals surface area contributed by atoms with E-state index in [4.69, 9.17) is 9.47 Å². The number of fused-ring (bicyclic) bond motifs is 1. The molecule has 3 heteroatoms. The predicted octanol–water partition coefficient (Wildman–Crippen LogP) is 2.45. The molecule has 2 aliphatic rings. The Morgan fingerprint density at radius 2 is 2.25 bits per heavy atom. The van der Waals surface area contributed by atoms with Crippen molar-refractivity contribution in [2.45, 2.75) is 57.8 Å². The van der Waals surface area contributed by atoms with Crippen LogP contribution in [-0.4, -0.2) is 24.3 Å². The van der Waals surface area contributed by atoms with Crippen LogP contribution in [0.15, 0.2) is 12.2 Å². The smallest absolute Gasteiger partial charge is 0.333 e. The minimum Gasteiger partial charge on any atom is -0.459 e. The lowest BCUT2D eigenvalue weighted by molar-refractivity contribution is -0.147. The van der Waals surface area contributed by atoms with Crippen LogP contribution in [0.3, 0.4) is 0 Å². The highest BCUT2D eigenvalue weighted by atomic mass is 16.6. The topological polar surface area (TPSA) is 38.8 Å². The zero-order chi connectivity index (χ0) is 11.7. The third-order valence-electron chi connectivity index (χ3n) is 3.58. The fraction of sp³-hybridized carbons (Fsp3) is 0.769. The normalized spacial score (nSPS) is 33.8. The van der Waals surface area contributed by atoms with Crippen LogP contribution < -0.4 is 0 Å². The van der Waals surface area contributed by atoms with Gasteiger partial charge < -0.3 is 9.47 Å². The Kier molecular flexibility index (Phi) is 3.33. The molecule has 0 spiro atoms. The van der Waals surface area contributed by atoms with E-state index in [-0.39, 0.29) is 12.1 Å². The second-order valence-corrected chi connectivity index (χ2v) is 4.92. The number of carbonyl (C=O) groups excluding carboxylic acids is 1. The standard InChI is InChI=1S/C13H20O3/c1-4-10(16-13(14)8(2)3)9-5-6-11-12(7-9)15-11/h9-12H,2,4-7H2,1,3H3. The largest absolute Gasteiger partial charge is 0.459 e. The maximum Gasteiger partial charge on any atom is 0.333 e. The van der Waals surface area contributed by atoms with Crippen LogP contribution in [0.2, 0.25) is 0 Å². The third-order valence-corrected chi connectivity index (χ3v) is 3.58. The number of rotatable bonds is 4. The lowest BCUT2D eigenvalue weighted by Gasteiger charge is -2.27. The predicted molar refractivity (Wildman–Crippen MR) is 61.0 cm³/mol. The van der Waals surface area contributed by atoms with Crippen molar-refractivity contribution < 1.29 is 14.3 Å². The molecule has 4 unspecified atom stereocenters. The van der Waals surface area contributed by atoms with Gasteiger partial charge in [-0.15, -0.1) is 0 Å². The third kappa shape index (κ3) is 2.46. The molecule has 0 amide bonds. The number of hydrogen-bond acceptors (Lipinski definition) is 3. The minimum atomic E-state index is -0.259. The Bertz CT molecular complexity index is 298. The van der Waals surface area contributed by atoms with Crippen molar-refractivity contribution in [2.75, 3.05) is 0 Å². The summed E-state index contributed by atoms with van der Waals surface area (Å²) < 4.78 is 11.0. The van der Waals surface area contributed by atoms with Gasteiger partial charge in [0.25, 0.3) is 0 Å². The summed E-state index contributed by atoms with van der Waals surface area (Å²) in [4.78, 5) is 11.5. The van der Waals surface area contributed by atoms with Gasteiger partial charge >= 0.3 is 5.97 Å². The fourth-order valence-electron chi connectivity index (χ4n) is 2.52. The summed E-state index contributed by atoms with van der Waals surface area (Å²) in [6.07, 6.45) is 5.14. The van der Waals surface area contributed by atoms with Crippen LogP contribution >= 0.6 is 0 Å². The van der Waals surface area contributed by atoms with Crippen molar-refractivity contribution in [1.82, 2.24) is 0 Å². The second-order valence-electron chi connectivity index (χ2n) is 4.92. The number of ether oxygens (including phenoxy) is 2. The first-order valence-electron chi connectivity index (χ1n) is 6.13. The molecule has 0 aromatic carbocycles. The van der Waals surface area contributed by atoms with Crippen molar-refractivity contribution in [1.29, 1.82) is 0 Å². The molecule has 1 saturated carbocycles. The van der Waals surface area contributed by atoms with E-state index in [2.05, 4.69) is 13.5 Å². The van der Waals surface area contributed by atoms with E-state index >= 15 is 0 Å². The van der Waals surface area contributed by atoms with Crippen molar-refractivity contribution in [3.8, 4) is 0 Å². The number of esters is 1. The first kappa shape index (κ1) is 11.6. The molecule has 1 aliphatic carbocycles. The molecule has 1 aliphatic heterocycles. The Hall–Kier alpha value is -0.830. The van der Waals surface area contributed by atoms with Crippen LogP contribution in [0.5, 0.6) is 0 Å². The molecule has 0 aromatic rings. The molecule has 0 bridgehead atoms. The summed E-state index contributed by atoms with van der Waals surface area (Å²) in [7, 11) is 0. The molecule has 0 N–H and O–H groups in total. The van der Waals surface area contributed by atoms with E-state index in [0.717, 1.165) is 25.7 Å². The summed E-state index contributed by atoms with van der Waals surface area (Å²) in [6.45, 7) is 7.37. The zero-order valence-electron chi connectivity index (χ0n) is 10.1. The molecular formula is C13H20O3. The van der Waals surface area contributed by atoms with E-state index in [1.54, 1.807) is 6.92 Å². The molecule has 4 atom stereocenters. The summed E-state index contributed by atoms with van der Waals surface area (Å²) in [5.41, 5.74) is 0.481. The van der Waals surface area contributed by atoms with Gasteiger partial charge in [0.15, 0.2) is 0 Å². The quantitative estimate of drug-likeness (QED) is 0.418. The highest BCUT2D eigenvalue weighted by molar-refractivity contribution is 5.87. The Labute approximate surface area is 96.8 Å². The van der Waals surface area contributed by atoms with Gasteiger partial charge in [0.1, 0.15) is 6.10 Å². The lowest BCUT2D eigenvalue weighted by atomic mass is 9.84. The first-order chi connectivity index (χ1) is 7.61. The van der Waals surface area contributed by atoms with Gasteiger partial charge in [-0.25, -0.2) is 4.79 Å². The maximum atomic E-state index is 11.5. The van der Waals surface area contributed by atoms with Crippen LogP contribution in [0.1, 0.15) is 39.5 Å². The van der Waals surface area contributed by atoms with Crippen molar-refractivity contribution in [3.05, 3.63) is 12.2 Å². The second kappa shape index (κ2) is 4.58. The zero-order valence-corrected chi connectivity index (χ0v) is 10.1. The molecule has 0 radical (unpaired) electrons. The van der Waals surface area contributed by atoms with Crippen molar-refractivity contribution >= 4 is 5.97 Å². The van der Waals surface area contributed by atoms with Crippen LogP contribution in [0, 0.1) is 5.92 Å². The first-order valence-corrected chi connectivity index (χ1v) is 6.13. The molecular weight excluding hydrogens is 204 g/mol. The Morgan fingerprint density at radius 1 is 1.50 bits per heavy atom. The number of hydrogen-bond donors (Lipinski definition) is 0. The lowest BCUT2D eigenvalue weighted by Crippen LogP contribution is -2.30. The van der Waals surface area contributed by atoms with Crippen LogP contribution in [0.25, 0.3) is 0 Å². The molecule has 1 saturated heterocycles. The Balaban J connectivity index is 1.88. The summed E-state index contributed by atoms with van der Waals surface area (Å²) in [5, 5.41) is 0. The van der Waals surface area contributed by atoms with Crippen LogP contribution in [-0.2, 0) is 14.3 Å². The van der Waals surface area contributed by atoms with E-state index in [0.29, 0.717) is 23.7 Å². The van der Waals surface area contributed by atoms with Crippen molar-refractivity contribution in [2.24, 2.45) is 5.92 Å². The molecule has 16 heavy (non-hydrogen) atoms. The van der Waals surface area contributed by atoms with Gasteiger partial charge in [-0.2, -0.15) is 0 Å². The monoisotopic (exact) mass is 224 g/mol. The summed E-state index contributed by atoms with van der Waals surface area (Å²) in [5.74, 6) is 0.211. The molecule has 90 valence electrons. The van der Waals surface area contributed by atoms with Gasteiger partial charge in [-0.05, 0) is 38.5 Å². The molecule has 3 nitrogen and oxygen atoms in total. The molecule has 2 rings (SSSR count). The van der Waals surface area contributed by atoms with Gasteiger partial charge in [-0.1, -0.05) is 13.5 Å². The average molecular weight is 224 g/mol. The summed E-state index contributed by atoms with van der Waals surface area (Å²) in [6, 6.07) is 0.